The van der Waals surface area contributed by atoms with Crippen LogP contribution in [-0.2, 0) is 11.8 Å². The molecule has 2 N–H and O–H groups in total. The molecule has 5 nitrogen and oxygen atoms in total. The Balaban J connectivity index is 2.05. The maximum Gasteiger partial charge on any atom is 0.138 e. The van der Waals surface area contributed by atoms with E-state index in [2.05, 4.69) is 51.7 Å². The minimum Gasteiger partial charge on any atom is -0.373 e. The van der Waals surface area contributed by atoms with Crippen LogP contribution in [0.2, 0.25) is 0 Å². The fourth-order valence-corrected chi connectivity index (χ4v) is 2.49. The number of hydrogen-bond donors (Lipinski definition) is 2. The van der Waals surface area contributed by atoms with E-state index in [4.69, 9.17) is 0 Å². The molecule has 0 atom stereocenters. The van der Waals surface area contributed by atoms with Gasteiger partial charge in [0.05, 0.1) is 10.7 Å². The summed E-state index contributed by atoms with van der Waals surface area (Å²) in [5.74, 6) is 2.52. The molecule has 0 aliphatic carbocycles. The Morgan fingerprint density at radius 3 is 2.43 bits per heavy atom. The standard InChI is InChI=1S/C15H23N5S/c1-10-18-11(9-21-10)6-7-17-13-8-12(16-5)19-14(20-13)15(2,3)4/h8-9H,6-7H2,1-5H3,(H2,16,17,19,20). The molecule has 21 heavy (non-hydrogen) atoms. The highest BCUT2D eigenvalue weighted by atomic mass is 32.1. The molecule has 0 aliphatic rings. The van der Waals surface area contributed by atoms with Crippen LogP contribution in [0.15, 0.2) is 11.4 Å². The molecule has 0 amide bonds. The molecule has 0 unspecified atom stereocenters. The number of nitrogens with one attached hydrogen (secondary N) is 2. The van der Waals surface area contributed by atoms with Crippen molar-refractivity contribution in [2.45, 2.75) is 39.5 Å². The first-order valence-electron chi connectivity index (χ1n) is 7.10. The number of rotatable bonds is 5. The molecule has 0 saturated heterocycles. The lowest BCUT2D eigenvalue weighted by molar-refractivity contribution is 0.546. The lowest BCUT2D eigenvalue weighted by Crippen LogP contribution is -2.18. The summed E-state index contributed by atoms with van der Waals surface area (Å²) in [5, 5.41) is 9.67. The van der Waals surface area contributed by atoms with Gasteiger partial charge in [0.1, 0.15) is 17.5 Å². The summed E-state index contributed by atoms with van der Waals surface area (Å²) in [4.78, 5) is 13.6. The normalized spacial score (nSPS) is 11.5. The molecular formula is C15H23N5S. The van der Waals surface area contributed by atoms with E-state index >= 15 is 0 Å². The Kier molecular flexibility index (Phi) is 4.77. The van der Waals surface area contributed by atoms with Gasteiger partial charge in [0, 0.05) is 36.9 Å². The molecule has 114 valence electrons. The van der Waals surface area contributed by atoms with Gasteiger partial charge in [-0.3, -0.25) is 0 Å². The van der Waals surface area contributed by atoms with E-state index < -0.39 is 0 Å². The average molecular weight is 305 g/mol. The molecule has 0 radical (unpaired) electrons. The van der Waals surface area contributed by atoms with Gasteiger partial charge in [0.15, 0.2) is 0 Å². The second-order valence-corrected chi connectivity index (χ2v) is 7.06. The van der Waals surface area contributed by atoms with Gasteiger partial charge in [-0.25, -0.2) is 15.0 Å². The SMILES string of the molecule is CNc1cc(NCCc2csc(C)n2)nc(C(C)(C)C)n1. The summed E-state index contributed by atoms with van der Waals surface area (Å²) in [7, 11) is 1.87. The van der Waals surface area contributed by atoms with Crippen molar-refractivity contribution in [3.05, 3.63) is 28.0 Å². The summed E-state index contributed by atoms with van der Waals surface area (Å²) in [6.45, 7) is 9.19. The third kappa shape index (κ3) is 4.39. The van der Waals surface area contributed by atoms with E-state index in [0.717, 1.165) is 41.1 Å². The van der Waals surface area contributed by atoms with Gasteiger partial charge >= 0.3 is 0 Å². The maximum atomic E-state index is 4.61. The fraction of sp³-hybridized carbons (Fsp3) is 0.533. The van der Waals surface area contributed by atoms with Crippen LogP contribution in [0.4, 0.5) is 11.6 Å². The summed E-state index contributed by atoms with van der Waals surface area (Å²) >= 11 is 1.69. The summed E-state index contributed by atoms with van der Waals surface area (Å²) in [6.07, 6.45) is 0.897. The van der Waals surface area contributed by atoms with E-state index in [1.807, 2.05) is 20.0 Å². The van der Waals surface area contributed by atoms with Crippen LogP contribution < -0.4 is 10.6 Å². The molecule has 2 aromatic heterocycles. The molecular weight excluding hydrogens is 282 g/mol. The van der Waals surface area contributed by atoms with Crippen LogP contribution in [0.3, 0.4) is 0 Å². The Bertz CT molecular complexity index is 600. The monoisotopic (exact) mass is 305 g/mol. The highest BCUT2D eigenvalue weighted by molar-refractivity contribution is 7.09. The number of anilines is 2. The van der Waals surface area contributed by atoms with Gasteiger partial charge < -0.3 is 10.6 Å². The van der Waals surface area contributed by atoms with Crippen LogP contribution in [0, 0.1) is 6.92 Å². The third-order valence-electron chi connectivity index (χ3n) is 3.01. The smallest absolute Gasteiger partial charge is 0.138 e. The number of thiazole rings is 1. The van der Waals surface area contributed by atoms with Crippen molar-refractivity contribution in [1.29, 1.82) is 0 Å². The average Bonchev–Trinajstić information content (AvgIpc) is 2.83. The van der Waals surface area contributed by atoms with Gasteiger partial charge in [-0.2, -0.15) is 0 Å². The lowest BCUT2D eigenvalue weighted by atomic mass is 9.96. The summed E-state index contributed by atoms with van der Waals surface area (Å²) < 4.78 is 0. The minimum atomic E-state index is -0.0741. The zero-order chi connectivity index (χ0) is 15.5. The van der Waals surface area contributed by atoms with E-state index in [1.165, 1.54) is 0 Å². The minimum absolute atomic E-state index is 0.0741. The first kappa shape index (κ1) is 15.7. The Labute approximate surface area is 130 Å². The molecule has 0 bridgehead atoms. The highest BCUT2D eigenvalue weighted by Gasteiger charge is 2.18. The molecule has 2 rings (SSSR count). The van der Waals surface area contributed by atoms with Crippen molar-refractivity contribution in [2.24, 2.45) is 0 Å². The second-order valence-electron chi connectivity index (χ2n) is 6.00. The molecule has 2 heterocycles. The number of aryl methyl sites for hydroxylation is 1. The first-order chi connectivity index (χ1) is 9.88. The molecule has 6 heteroatoms. The third-order valence-corrected chi connectivity index (χ3v) is 3.83. The van der Waals surface area contributed by atoms with E-state index in [-0.39, 0.29) is 5.41 Å². The first-order valence-corrected chi connectivity index (χ1v) is 7.98. The van der Waals surface area contributed by atoms with Crippen LogP contribution in [0.1, 0.15) is 37.3 Å². The van der Waals surface area contributed by atoms with Gasteiger partial charge in [-0.1, -0.05) is 20.8 Å². The Morgan fingerprint density at radius 2 is 1.86 bits per heavy atom. The van der Waals surface area contributed by atoms with Crippen molar-refractivity contribution in [3.63, 3.8) is 0 Å². The largest absolute Gasteiger partial charge is 0.373 e. The number of aromatic nitrogens is 3. The Morgan fingerprint density at radius 1 is 1.14 bits per heavy atom. The van der Waals surface area contributed by atoms with E-state index in [9.17, 15) is 0 Å². The summed E-state index contributed by atoms with van der Waals surface area (Å²) in [5.41, 5.74) is 1.05. The molecule has 0 saturated carbocycles. The van der Waals surface area contributed by atoms with Crippen molar-refractivity contribution < 1.29 is 0 Å². The zero-order valence-corrected chi connectivity index (χ0v) is 14.1. The van der Waals surface area contributed by atoms with Crippen LogP contribution in [-0.4, -0.2) is 28.5 Å². The van der Waals surface area contributed by atoms with Crippen molar-refractivity contribution in [1.82, 2.24) is 15.0 Å². The molecule has 0 spiro atoms. The second kappa shape index (κ2) is 6.39. The van der Waals surface area contributed by atoms with Crippen LogP contribution in [0.5, 0.6) is 0 Å². The Hall–Kier alpha value is -1.69. The number of nitrogens with zero attached hydrogens (tertiary/aromatic N) is 3. The van der Waals surface area contributed by atoms with Gasteiger partial charge in [-0.05, 0) is 6.92 Å². The van der Waals surface area contributed by atoms with Gasteiger partial charge in [0.2, 0.25) is 0 Å². The highest BCUT2D eigenvalue weighted by Crippen LogP contribution is 2.22. The maximum absolute atomic E-state index is 4.61. The number of hydrogen-bond acceptors (Lipinski definition) is 6. The zero-order valence-electron chi connectivity index (χ0n) is 13.3. The van der Waals surface area contributed by atoms with Crippen molar-refractivity contribution in [3.8, 4) is 0 Å². The van der Waals surface area contributed by atoms with Crippen LogP contribution in [0.25, 0.3) is 0 Å². The lowest BCUT2D eigenvalue weighted by Gasteiger charge is -2.18. The molecule has 0 aliphatic heterocycles. The quantitative estimate of drug-likeness (QED) is 0.888. The topological polar surface area (TPSA) is 62.7 Å². The van der Waals surface area contributed by atoms with Gasteiger partial charge in [-0.15, -0.1) is 11.3 Å². The van der Waals surface area contributed by atoms with Crippen molar-refractivity contribution in [2.75, 3.05) is 24.2 Å². The molecule has 2 aromatic rings. The molecule has 0 fully saturated rings. The van der Waals surface area contributed by atoms with E-state index in [0.29, 0.717) is 0 Å². The molecule has 0 aromatic carbocycles. The predicted molar refractivity (Wildman–Crippen MR) is 89.3 cm³/mol. The van der Waals surface area contributed by atoms with Crippen LogP contribution >= 0.6 is 11.3 Å². The van der Waals surface area contributed by atoms with Gasteiger partial charge in [0.25, 0.3) is 0 Å². The van der Waals surface area contributed by atoms with Crippen molar-refractivity contribution >= 4 is 23.0 Å². The fourth-order valence-electron chi connectivity index (χ4n) is 1.84. The predicted octanol–water partition coefficient (Wildman–Crippen LogP) is 3.24. The van der Waals surface area contributed by atoms with E-state index in [1.54, 1.807) is 11.3 Å². The summed E-state index contributed by atoms with van der Waals surface area (Å²) in [6, 6.07) is 1.93.